The van der Waals surface area contributed by atoms with Crippen molar-refractivity contribution in [1.82, 2.24) is 5.32 Å². The van der Waals surface area contributed by atoms with Crippen molar-refractivity contribution in [2.75, 3.05) is 6.54 Å². The molecule has 1 amide bonds. The zero-order valence-electron chi connectivity index (χ0n) is 10.00. The Labute approximate surface area is 107 Å². The van der Waals surface area contributed by atoms with Gasteiger partial charge in [-0.2, -0.15) is 0 Å². The van der Waals surface area contributed by atoms with E-state index in [2.05, 4.69) is 5.32 Å². The first-order chi connectivity index (χ1) is 7.50. The van der Waals surface area contributed by atoms with Crippen molar-refractivity contribution < 1.29 is 9.18 Å². The number of amides is 1. The molecule has 0 fully saturated rings. The lowest BCUT2D eigenvalue weighted by Crippen LogP contribution is -2.39. The van der Waals surface area contributed by atoms with Gasteiger partial charge in [0.1, 0.15) is 5.82 Å². The van der Waals surface area contributed by atoms with Crippen LogP contribution < -0.4 is 11.1 Å². The van der Waals surface area contributed by atoms with Crippen LogP contribution in [0.2, 0.25) is 0 Å². The Kier molecular flexibility index (Phi) is 6.76. The third-order valence-corrected chi connectivity index (χ3v) is 2.41. The molecule has 0 spiro atoms. The van der Waals surface area contributed by atoms with Gasteiger partial charge >= 0.3 is 0 Å². The number of benzene rings is 1. The van der Waals surface area contributed by atoms with Crippen LogP contribution in [-0.4, -0.2) is 18.5 Å². The molecule has 0 saturated heterocycles. The van der Waals surface area contributed by atoms with Crippen LogP contribution in [0, 0.1) is 12.7 Å². The molecule has 5 heteroatoms. The number of nitrogens with two attached hydrogens (primary N) is 1. The van der Waals surface area contributed by atoms with Gasteiger partial charge in [0.25, 0.3) is 0 Å². The molecule has 0 aliphatic carbocycles. The maximum Gasteiger partial charge on any atom is 0.236 e. The summed E-state index contributed by atoms with van der Waals surface area (Å²) in [6, 6.07) is 4.16. The number of carbonyl (C=O) groups excluding carboxylic acids is 1. The van der Waals surface area contributed by atoms with Gasteiger partial charge in [0.2, 0.25) is 5.91 Å². The van der Waals surface area contributed by atoms with E-state index in [0.29, 0.717) is 13.0 Å². The summed E-state index contributed by atoms with van der Waals surface area (Å²) in [5.74, 6) is -0.402. The largest absolute Gasteiger partial charge is 0.354 e. The highest BCUT2D eigenvalue weighted by Crippen LogP contribution is 2.10. The minimum Gasteiger partial charge on any atom is -0.354 e. The highest BCUT2D eigenvalue weighted by molar-refractivity contribution is 5.85. The van der Waals surface area contributed by atoms with Gasteiger partial charge in [0.05, 0.1) is 6.04 Å². The Morgan fingerprint density at radius 2 is 2.18 bits per heavy atom. The maximum atomic E-state index is 12.8. The van der Waals surface area contributed by atoms with Gasteiger partial charge in [-0.15, -0.1) is 12.4 Å². The SMILES string of the molecule is Cc1cc(F)ccc1CCNC(=O)C(C)N.Cl. The number of aryl methyl sites for hydroxylation is 1. The van der Waals surface area contributed by atoms with E-state index in [1.54, 1.807) is 13.0 Å². The van der Waals surface area contributed by atoms with Crippen molar-refractivity contribution in [2.24, 2.45) is 5.73 Å². The third-order valence-electron chi connectivity index (χ3n) is 2.41. The molecule has 0 aliphatic rings. The van der Waals surface area contributed by atoms with E-state index in [9.17, 15) is 9.18 Å². The quantitative estimate of drug-likeness (QED) is 0.863. The Hall–Kier alpha value is -1.13. The zero-order chi connectivity index (χ0) is 12.1. The molecule has 0 bridgehead atoms. The monoisotopic (exact) mass is 260 g/mol. The van der Waals surface area contributed by atoms with Crippen LogP contribution in [0.1, 0.15) is 18.1 Å². The lowest BCUT2D eigenvalue weighted by Gasteiger charge is -2.09. The Morgan fingerprint density at radius 1 is 1.53 bits per heavy atom. The van der Waals surface area contributed by atoms with Crippen LogP contribution in [-0.2, 0) is 11.2 Å². The third kappa shape index (κ3) is 5.15. The Bertz CT molecular complexity index is 383. The summed E-state index contributed by atoms with van der Waals surface area (Å²) in [5, 5.41) is 2.71. The van der Waals surface area contributed by atoms with Gasteiger partial charge in [0.15, 0.2) is 0 Å². The molecule has 3 N–H and O–H groups in total. The molecule has 1 aromatic rings. The van der Waals surface area contributed by atoms with Gasteiger partial charge in [0, 0.05) is 6.54 Å². The second kappa shape index (κ2) is 7.25. The molecule has 3 nitrogen and oxygen atoms in total. The highest BCUT2D eigenvalue weighted by atomic mass is 35.5. The van der Waals surface area contributed by atoms with Crippen molar-refractivity contribution in [3.63, 3.8) is 0 Å². The second-order valence-electron chi connectivity index (χ2n) is 3.90. The summed E-state index contributed by atoms with van der Waals surface area (Å²) in [6.45, 7) is 4.01. The number of nitrogens with one attached hydrogen (secondary N) is 1. The van der Waals surface area contributed by atoms with Crippen LogP contribution in [0.15, 0.2) is 18.2 Å². The van der Waals surface area contributed by atoms with Crippen LogP contribution in [0.4, 0.5) is 4.39 Å². The molecular weight excluding hydrogens is 243 g/mol. The lowest BCUT2D eigenvalue weighted by molar-refractivity contribution is -0.121. The summed E-state index contributed by atoms with van der Waals surface area (Å²) in [5.41, 5.74) is 7.34. The zero-order valence-corrected chi connectivity index (χ0v) is 10.8. The average molecular weight is 261 g/mol. The molecule has 0 aromatic heterocycles. The molecule has 0 radical (unpaired) electrons. The smallest absolute Gasteiger partial charge is 0.236 e. The van der Waals surface area contributed by atoms with Gasteiger partial charge in [-0.05, 0) is 43.5 Å². The summed E-state index contributed by atoms with van der Waals surface area (Å²) >= 11 is 0. The highest BCUT2D eigenvalue weighted by Gasteiger charge is 2.06. The van der Waals surface area contributed by atoms with E-state index in [1.165, 1.54) is 12.1 Å². The van der Waals surface area contributed by atoms with Crippen molar-refractivity contribution in [2.45, 2.75) is 26.3 Å². The minimum atomic E-state index is -0.491. The fourth-order valence-corrected chi connectivity index (χ4v) is 1.42. The standard InChI is InChI=1S/C12H17FN2O.ClH/c1-8-7-11(13)4-3-10(8)5-6-15-12(16)9(2)14;/h3-4,7,9H,5-6,14H2,1-2H3,(H,15,16);1H. The predicted octanol–water partition coefficient (Wildman–Crippen LogP) is 1.56. The fourth-order valence-electron chi connectivity index (χ4n) is 1.42. The summed E-state index contributed by atoms with van der Waals surface area (Å²) < 4.78 is 12.8. The molecule has 1 unspecified atom stereocenters. The molecule has 1 rings (SSSR count). The first-order valence-electron chi connectivity index (χ1n) is 5.29. The second-order valence-corrected chi connectivity index (χ2v) is 3.90. The van der Waals surface area contributed by atoms with Gasteiger partial charge in [-0.3, -0.25) is 4.79 Å². The van der Waals surface area contributed by atoms with Crippen LogP contribution in [0.3, 0.4) is 0 Å². The van der Waals surface area contributed by atoms with Crippen molar-refractivity contribution >= 4 is 18.3 Å². The molecule has 0 heterocycles. The molecule has 1 aromatic carbocycles. The van der Waals surface area contributed by atoms with E-state index in [1.807, 2.05) is 6.92 Å². The van der Waals surface area contributed by atoms with Crippen LogP contribution in [0.5, 0.6) is 0 Å². The van der Waals surface area contributed by atoms with Crippen LogP contribution in [0.25, 0.3) is 0 Å². The fraction of sp³-hybridized carbons (Fsp3) is 0.417. The summed E-state index contributed by atoms with van der Waals surface area (Å²) in [4.78, 5) is 11.2. The number of hydrogen-bond donors (Lipinski definition) is 2. The molecule has 0 aliphatic heterocycles. The van der Waals surface area contributed by atoms with E-state index < -0.39 is 6.04 Å². The van der Waals surface area contributed by atoms with Gasteiger partial charge < -0.3 is 11.1 Å². The summed E-state index contributed by atoms with van der Waals surface area (Å²) in [6.07, 6.45) is 0.685. The number of halogens is 2. The minimum absolute atomic E-state index is 0. The first-order valence-corrected chi connectivity index (χ1v) is 5.29. The summed E-state index contributed by atoms with van der Waals surface area (Å²) in [7, 11) is 0. The van der Waals surface area contributed by atoms with E-state index in [4.69, 9.17) is 5.73 Å². The van der Waals surface area contributed by atoms with Gasteiger partial charge in [-0.25, -0.2) is 4.39 Å². The van der Waals surface area contributed by atoms with Crippen LogP contribution >= 0.6 is 12.4 Å². The maximum absolute atomic E-state index is 12.8. The van der Waals surface area contributed by atoms with Crippen molar-refractivity contribution in [3.8, 4) is 0 Å². The molecule has 96 valence electrons. The Balaban J connectivity index is 0.00000256. The first kappa shape index (κ1) is 15.9. The van der Waals surface area contributed by atoms with Gasteiger partial charge in [-0.1, -0.05) is 6.07 Å². The molecule has 1 atom stereocenters. The topological polar surface area (TPSA) is 55.1 Å². The lowest BCUT2D eigenvalue weighted by atomic mass is 10.1. The molecule has 17 heavy (non-hydrogen) atoms. The van der Waals surface area contributed by atoms with Crippen molar-refractivity contribution in [3.05, 3.63) is 35.1 Å². The normalized spacial score (nSPS) is 11.5. The predicted molar refractivity (Wildman–Crippen MR) is 68.7 cm³/mol. The van der Waals surface area contributed by atoms with Crippen molar-refractivity contribution in [1.29, 1.82) is 0 Å². The molecule has 0 saturated carbocycles. The average Bonchev–Trinajstić information content (AvgIpc) is 2.20. The van der Waals surface area contributed by atoms with E-state index >= 15 is 0 Å². The molecular formula is C12H18ClFN2O. The number of carbonyl (C=O) groups is 1. The Morgan fingerprint density at radius 3 is 2.71 bits per heavy atom. The number of hydrogen-bond acceptors (Lipinski definition) is 2. The number of rotatable bonds is 4. The van der Waals surface area contributed by atoms with E-state index in [-0.39, 0.29) is 24.1 Å². The van der Waals surface area contributed by atoms with E-state index in [0.717, 1.165) is 11.1 Å².